The van der Waals surface area contributed by atoms with E-state index in [1.807, 2.05) is 24.3 Å². The van der Waals surface area contributed by atoms with Crippen LogP contribution in [-0.2, 0) is 16.0 Å². The molecule has 8 heteroatoms. The molecule has 1 heterocycles. The predicted molar refractivity (Wildman–Crippen MR) is 141 cm³/mol. The zero-order valence-electron chi connectivity index (χ0n) is 21.6. The van der Waals surface area contributed by atoms with Gasteiger partial charge < -0.3 is 25.0 Å². The Labute approximate surface area is 217 Å². The van der Waals surface area contributed by atoms with Crippen molar-refractivity contribution >= 4 is 11.9 Å². The average Bonchev–Trinajstić information content (AvgIpc) is 2.87. The van der Waals surface area contributed by atoms with Crippen LogP contribution in [0.2, 0.25) is 0 Å². The second kappa shape index (κ2) is 12.5. The number of carbonyl (C=O) groups is 2. The molecule has 0 fully saturated rings. The molecule has 1 unspecified atom stereocenters. The normalized spacial score (nSPS) is 13.0. The van der Waals surface area contributed by atoms with Crippen LogP contribution in [0.1, 0.15) is 54.8 Å². The maximum absolute atomic E-state index is 12.8. The van der Waals surface area contributed by atoms with Crippen molar-refractivity contribution in [1.82, 2.24) is 10.3 Å². The van der Waals surface area contributed by atoms with Gasteiger partial charge in [-0.2, -0.15) is 0 Å². The Kier molecular flexibility index (Phi) is 9.38. The van der Waals surface area contributed by atoms with Gasteiger partial charge in [-0.1, -0.05) is 30.3 Å². The molecule has 3 N–H and O–H groups in total. The number of carbonyl (C=O) groups excluding carboxylic acids is 1. The molecule has 0 aliphatic heterocycles. The number of carboxylic acid groups (broad SMARTS) is 1. The molecular weight excluding hydrogens is 472 g/mol. The lowest BCUT2D eigenvalue weighted by atomic mass is 9.99. The third kappa shape index (κ3) is 7.87. The number of esters is 1. The Hall–Kier alpha value is -3.75. The molecule has 1 aromatic heterocycles. The van der Waals surface area contributed by atoms with Gasteiger partial charge in [-0.05, 0) is 75.5 Å². The van der Waals surface area contributed by atoms with Crippen LogP contribution in [0, 0.1) is 0 Å². The van der Waals surface area contributed by atoms with Gasteiger partial charge in [0.05, 0.1) is 12.7 Å². The van der Waals surface area contributed by atoms with E-state index in [4.69, 9.17) is 9.47 Å². The number of rotatable bonds is 11. The molecular formula is C29H34N2O6. The average molecular weight is 507 g/mol. The van der Waals surface area contributed by atoms with Gasteiger partial charge >= 0.3 is 11.9 Å². The molecule has 0 spiro atoms. The first-order chi connectivity index (χ1) is 17.6. The number of benzene rings is 2. The van der Waals surface area contributed by atoms with E-state index in [-0.39, 0.29) is 5.56 Å². The molecule has 196 valence electrons. The van der Waals surface area contributed by atoms with Crippen molar-refractivity contribution in [3.63, 3.8) is 0 Å². The first-order valence-corrected chi connectivity index (χ1v) is 12.1. The second-order valence-corrected chi connectivity index (χ2v) is 9.72. The third-order valence-corrected chi connectivity index (χ3v) is 5.72. The maximum Gasteiger partial charge on any atom is 0.335 e. The van der Waals surface area contributed by atoms with E-state index in [9.17, 15) is 19.8 Å². The highest BCUT2D eigenvalue weighted by atomic mass is 16.6. The number of aromatic nitrogens is 1. The summed E-state index contributed by atoms with van der Waals surface area (Å²) in [5.41, 5.74) is 2.86. The topological polar surface area (TPSA) is 118 Å². The number of hydrogen-bond acceptors (Lipinski definition) is 7. The maximum atomic E-state index is 12.8. The standard InChI is InChI=1S/C29H34N2O6/c1-29(2,3)37-28(35)25(26(32)22-8-6-15-30-18-22)31-16-5-7-19-9-11-20(12-10-19)23-14-13-21(27(33)34)17-24(23)36-4/h6,8-15,17-18,25-26,31-32H,5,7,16H2,1-4H3,(H,33,34)/t25?,26-/m1/s1. The summed E-state index contributed by atoms with van der Waals surface area (Å²) < 4.78 is 10.9. The van der Waals surface area contributed by atoms with Gasteiger partial charge in [0.2, 0.25) is 0 Å². The van der Waals surface area contributed by atoms with E-state index in [0.29, 0.717) is 17.9 Å². The summed E-state index contributed by atoms with van der Waals surface area (Å²) in [6, 6.07) is 15.3. The number of nitrogens with one attached hydrogen (secondary N) is 1. The van der Waals surface area contributed by atoms with Gasteiger partial charge in [0.25, 0.3) is 0 Å². The first kappa shape index (κ1) is 27.8. The zero-order valence-corrected chi connectivity index (χ0v) is 21.6. The summed E-state index contributed by atoms with van der Waals surface area (Å²) in [6.07, 6.45) is 3.54. The molecule has 37 heavy (non-hydrogen) atoms. The third-order valence-electron chi connectivity index (χ3n) is 5.72. The largest absolute Gasteiger partial charge is 0.496 e. The number of aliphatic hydroxyl groups excluding tert-OH is 1. The molecule has 0 aliphatic carbocycles. The smallest absolute Gasteiger partial charge is 0.335 e. The summed E-state index contributed by atoms with van der Waals surface area (Å²) >= 11 is 0. The fourth-order valence-electron chi connectivity index (χ4n) is 3.90. The van der Waals surface area contributed by atoms with Crippen molar-refractivity contribution < 1.29 is 29.3 Å². The number of aliphatic hydroxyl groups is 1. The molecule has 8 nitrogen and oxygen atoms in total. The molecule has 0 saturated heterocycles. The van der Waals surface area contributed by atoms with E-state index < -0.39 is 29.7 Å². The fraction of sp³-hybridized carbons (Fsp3) is 0.345. The van der Waals surface area contributed by atoms with Crippen molar-refractivity contribution in [3.05, 3.63) is 83.7 Å². The minimum absolute atomic E-state index is 0.169. The highest BCUT2D eigenvalue weighted by Crippen LogP contribution is 2.31. The molecule has 3 rings (SSSR count). The Morgan fingerprint density at radius 2 is 1.81 bits per heavy atom. The van der Waals surface area contributed by atoms with Gasteiger partial charge in [0, 0.05) is 23.5 Å². The van der Waals surface area contributed by atoms with E-state index >= 15 is 0 Å². The van der Waals surface area contributed by atoms with Crippen LogP contribution in [0.5, 0.6) is 5.75 Å². The van der Waals surface area contributed by atoms with Gasteiger partial charge in [0.15, 0.2) is 0 Å². The number of nitrogens with zero attached hydrogens (tertiary/aromatic N) is 1. The fourth-order valence-corrected chi connectivity index (χ4v) is 3.90. The van der Waals surface area contributed by atoms with Crippen LogP contribution in [0.25, 0.3) is 11.1 Å². The molecule has 2 aromatic carbocycles. The second-order valence-electron chi connectivity index (χ2n) is 9.72. The summed E-state index contributed by atoms with van der Waals surface area (Å²) in [7, 11) is 1.52. The summed E-state index contributed by atoms with van der Waals surface area (Å²) in [5.74, 6) is -1.02. The Balaban J connectivity index is 1.62. The van der Waals surface area contributed by atoms with Crippen LogP contribution in [0.15, 0.2) is 67.0 Å². The number of aromatic carboxylic acids is 1. The first-order valence-electron chi connectivity index (χ1n) is 12.1. The Morgan fingerprint density at radius 3 is 2.41 bits per heavy atom. The minimum atomic E-state index is -1.09. The van der Waals surface area contributed by atoms with Gasteiger partial charge in [0.1, 0.15) is 23.5 Å². The van der Waals surface area contributed by atoms with Gasteiger partial charge in [-0.15, -0.1) is 0 Å². The summed E-state index contributed by atoms with van der Waals surface area (Å²) in [4.78, 5) is 28.1. The number of hydrogen-bond donors (Lipinski definition) is 3. The monoisotopic (exact) mass is 506 g/mol. The quantitative estimate of drug-likeness (QED) is 0.258. The number of pyridine rings is 1. The van der Waals surface area contributed by atoms with E-state index in [0.717, 1.165) is 29.5 Å². The van der Waals surface area contributed by atoms with Crippen LogP contribution in [0.3, 0.4) is 0 Å². The molecule has 3 aromatic rings. The molecule has 0 bridgehead atoms. The summed E-state index contributed by atoms with van der Waals surface area (Å²) in [5, 5.41) is 23.2. The summed E-state index contributed by atoms with van der Waals surface area (Å²) in [6.45, 7) is 5.86. The zero-order chi connectivity index (χ0) is 27.0. The van der Waals surface area contributed by atoms with Crippen LogP contribution >= 0.6 is 0 Å². The predicted octanol–water partition coefficient (Wildman–Crippen LogP) is 4.42. The van der Waals surface area contributed by atoms with Crippen molar-refractivity contribution in [2.45, 2.75) is 51.4 Å². The van der Waals surface area contributed by atoms with Crippen molar-refractivity contribution in [2.24, 2.45) is 0 Å². The number of methoxy groups -OCH3 is 1. The molecule has 0 radical (unpaired) electrons. The molecule has 0 aliphatic rings. The molecule has 0 saturated carbocycles. The van der Waals surface area contributed by atoms with Gasteiger partial charge in [-0.25, -0.2) is 4.79 Å². The van der Waals surface area contributed by atoms with Crippen LogP contribution in [-0.4, -0.2) is 52.4 Å². The Bertz CT molecular complexity index is 1190. The van der Waals surface area contributed by atoms with Crippen molar-refractivity contribution in [2.75, 3.05) is 13.7 Å². The molecule has 0 amide bonds. The van der Waals surface area contributed by atoms with Crippen LogP contribution < -0.4 is 10.1 Å². The van der Waals surface area contributed by atoms with E-state index in [1.165, 1.54) is 19.4 Å². The number of aryl methyl sites for hydroxylation is 1. The van der Waals surface area contributed by atoms with Crippen molar-refractivity contribution in [1.29, 1.82) is 0 Å². The highest BCUT2D eigenvalue weighted by Gasteiger charge is 2.31. The SMILES string of the molecule is COc1cc(C(=O)O)ccc1-c1ccc(CCCNC(C(=O)OC(C)(C)C)[C@H](O)c2cccnc2)cc1. The van der Waals surface area contributed by atoms with Crippen molar-refractivity contribution in [3.8, 4) is 16.9 Å². The minimum Gasteiger partial charge on any atom is -0.496 e. The van der Waals surface area contributed by atoms with Gasteiger partial charge in [-0.3, -0.25) is 9.78 Å². The lowest BCUT2D eigenvalue weighted by Gasteiger charge is -2.27. The van der Waals surface area contributed by atoms with E-state index in [2.05, 4.69) is 10.3 Å². The highest BCUT2D eigenvalue weighted by molar-refractivity contribution is 5.89. The lowest BCUT2D eigenvalue weighted by molar-refractivity contribution is -0.160. The number of carboxylic acids is 1. The molecule has 2 atom stereocenters. The lowest BCUT2D eigenvalue weighted by Crippen LogP contribution is -2.45. The Morgan fingerprint density at radius 1 is 1.08 bits per heavy atom. The number of ether oxygens (including phenoxy) is 2. The van der Waals surface area contributed by atoms with E-state index in [1.54, 1.807) is 51.2 Å². The van der Waals surface area contributed by atoms with Crippen LogP contribution in [0.4, 0.5) is 0 Å².